The maximum absolute atomic E-state index is 15.0. The zero-order valence-corrected chi connectivity index (χ0v) is 35.3. The highest BCUT2D eigenvalue weighted by atomic mass is 79.9. The zero-order valence-electron chi connectivity index (χ0n) is 32.9. The van der Waals surface area contributed by atoms with E-state index in [0.29, 0.717) is 34.1 Å². The molecule has 0 radical (unpaired) electrons. The van der Waals surface area contributed by atoms with Gasteiger partial charge < -0.3 is 32.9 Å². The molecular formula is C40H46BrN5O10S. The number of nitrogens with zero attached hydrogens (tertiary/aromatic N) is 5. The Kier molecular flexibility index (Phi) is 11.4. The van der Waals surface area contributed by atoms with Crippen molar-refractivity contribution in [1.82, 2.24) is 14.9 Å². The Hall–Kier alpha value is -5.00. The lowest BCUT2D eigenvalue weighted by atomic mass is 10.1. The van der Waals surface area contributed by atoms with Crippen LogP contribution in [0.25, 0.3) is 11.0 Å². The molecule has 0 N–H and O–H groups in total. The third-order valence-corrected chi connectivity index (χ3v) is 11.9. The second-order valence-electron chi connectivity index (χ2n) is 14.8. The van der Waals surface area contributed by atoms with Gasteiger partial charge in [-0.05, 0) is 88.8 Å². The summed E-state index contributed by atoms with van der Waals surface area (Å²) in [5.41, 5.74) is 1.15. The molecule has 2 fully saturated rings. The van der Waals surface area contributed by atoms with E-state index < -0.39 is 21.7 Å². The summed E-state index contributed by atoms with van der Waals surface area (Å²) in [4.78, 5) is 15.4. The number of rotatable bonds is 13. The van der Waals surface area contributed by atoms with E-state index in [-0.39, 0.29) is 57.4 Å². The molecule has 1 atom stereocenters. The van der Waals surface area contributed by atoms with Gasteiger partial charge in [-0.15, -0.1) is 0 Å². The van der Waals surface area contributed by atoms with Crippen molar-refractivity contribution in [2.24, 2.45) is 0 Å². The minimum atomic E-state index is -4.51. The molecule has 1 unspecified atom stereocenters. The van der Waals surface area contributed by atoms with Crippen LogP contribution >= 0.6 is 15.9 Å². The number of aromatic nitrogens is 3. The molecule has 3 heterocycles. The van der Waals surface area contributed by atoms with E-state index in [4.69, 9.17) is 38.0 Å². The summed E-state index contributed by atoms with van der Waals surface area (Å²) >= 11 is 3.41. The number of hydrogen-bond donors (Lipinski definition) is 0. The lowest BCUT2D eigenvalue weighted by molar-refractivity contribution is -0.0410. The number of ether oxygens (including phenoxy) is 6. The second-order valence-corrected chi connectivity index (χ2v) is 17.5. The molecule has 3 aromatic carbocycles. The minimum absolute atomic E-state index is 0.0451. The van der Waals surface area contributed by atoms with Crippen molar-refractivity contribution in [1.29, 1.82) is 0 Å². The van der Waals surface area contributed by atoms with E-state index in [1.165, 1.54) is 26.2 Å². The largest absolute Gasteiger partial charge is 0.497 e. The molecule has 1 saturated heterocycles. The molecule has 0 spiro atoms. The van der Waals surface area contributed by atoms with Gasteiger partial charge in [-0.3, -0.25) is 0 Å². The molecule has 1 aliphatic carbocycles. The van der Waals surface area contributed by atoms with E-state index >= 15 is 0 Å². The average Bonchev–Trinajstić information content (AvgIpc) is 3.82. The highest BCUT2D eigenvalue weighted by molar-refractivity contribution is 9.10. The molecule has 5 aromatic rings. The van der Waals surface area contributed by atoms with Crippen LogP contribution in [0, 0.1) is 0 Å². The molecule has 2 aliphatic rings. The van der Waals surface area contributed by atoms with Gasteiger partial charge in [-0.1, -0.05) is 33.2 Å². The molecule has 1 aliphatic heterocycles. The molecular weight excluding hydrogens is 822 g/mol. The predicted octanol–water partition coefficient (Wildman–Crippen LogP) is 8.87. The van der Waals surface area contributed by atoms with E-state index in [1.807, 2.05) is 10.7 Å². The highest BCUT2D eigenvalue weighted by Gasteiger charge is 2.38. The van der Waals surface area contributed by atoms with Crippen LogP contribution in [0.1, 0.15) is 76.3 Å². The Labute approximate surface area is 339 Å². The smallest absolute Gasteiger partial charge is 0.420 e. The zero-order chi connectivity index (χ0) is 40.6. The fraction of sp³-hybridized carbons (Fsp3) is 0.425. The number of anilines is 3. The van der Waals surface area contributed by atoms with Crippen molar-refractivity contribution in [2.45, 2.75) is 82.1 Å². The minimum Gasteiger partial charge on any atom is -0.497 e. The summed E-state index contributed by atoms with van der Waals surface area (Å²) in [6, 6.07) is 15.1. The normalized spacial score (nSPS) is 16.0. The summed E-state index contributed by atoms with van der Waals surface area (Å²) in [6.45, 7) is 5.80. The van der Waals surface area contributed by atoms with E-state index in [9.17, 15) is 13.2 Å². The van der Waals surface area contributed by atoms with Crippen molar-refractivity contribution >= 4 is 60.3 Å². The number of fused-ring (bicyclic) bond motifs is 1. The van der Waals surface area contributed by atoms with Gasteiger partial charge in [0.05, 0.1) is 46.1 Å². The Morgan fingerprint density at radius 3 is 2.18 bits per heavy atom. The first kappa shape index (κ1) is 40.2. The van der Waals surface area contributed by atoms with Gasteiger partial charge >= 0.3 is 6.09 Å². The van der Waals surface area contributed by atoms with Gasteiger partial charge in [-0.2, -0.15) is 5.10 Å². The first-order valence-corrected chi connectivity index (χ1v) is 20.8. The van der Waals surface area contributed by atoms with Crippen molar-refractivity contribution in [3.05, 3.63) is 70.3 Å². The van der Waals surface area contributed by atoms with Gasteiger partial charge in [-0.25, -0.2) is 27.1 Å². The fourth-order valence-electron chi connectivity index (χ4n) is 6.80. The monoisotopic (exact) mass is 867 g/mol. The molecule has 1 amide bonds. The predicted molar refractivity (Wildman–Crippen MR) is 216 cm³/mol. The van der Waals surface area contributed by atoms with Gasteiger partial charge in [0.1, 0.15) is 28.6 Å². The topological polar surface area (TPSA) is 157 Å². The van der Waals surface area contributed by atoms with Crippen molar-refractivity contribution in [3.63, 3.8) is 0 Å². The summed E-state index contributed by atoms with van der Waals surface area (Å²) in [7, 11) is 1.25. The molecule has 15 nitrogen and oxygen atoms in total. The Morgan fingerprint density at radius 2 is 1.60 bits per heavy atom. The number of amides is 1. The summed E-state index contributed by atoms with van der Waals surface area (Å²) < 4.78 is 73.9. The molecule has 7 rings (SSSR count). The maximum Gasteiger partial charge on any atom is 0.420 e. The van der Waals surface area contributed by atoms with Crippen LogP contribution in [-0.4, -0.2) is 70.1 Å². The number of halogens is 1. The third-order valence-electron chi connectivity index (χ3n) is 9.67. The number of sulfonamides is 1. The first-order chi connectivity index (χ1) is 27.3. The number of methoxy groups -OCH3 is 4. The van der Waals surface area contributed by atoms with Crippen molar-refractivity contribution in [3.8, 4) is 23.0 Å². The van der Waals surface area contributed by atoms with Gasteiger partial charge in [0.2, 0.25) is 0 Å². The Bertz CT molecular complexity index is 2340. The van der Waals surface area contributed by atoms with Crippen molar-refractivity contribution < 1.29 is 46.2 Å². The SMILES string of the molecule is COc1ccc(CN(c2noc3cc(N(C(=O)OC(C)(C)C)c4cc(C5CC5)n(C5CCCCO5)n4)c(OC)cc23)S(=O)(=O)c2c(OC)cc(Br)cc2OC)cc1. The molecule has 304 valence electrons. The van der Waals surface area contributed by atoms with Gasteiger partial charge in [0.15, 0.2) is 28.3 Å². The van der Waals surface area contributed by atoms with Crippen LogP contribution in [0.15, 0.2) is 68.5 Å². The van der Waals surface area contributed by atoms with Crippen LogP contribution < -0.4 is 28.2 Å². The molecule has 17 heteroatoms. The number of hydrogen-bond acceptors (Lipinski definition) is 12. The number of carbonyl (C=O) groups is 1. The van der Waals surface area contributed by atoms with Gasteiger partial charge in [0, 0.05) is 34.8 Å². The van der Waals surface area contributed by atoms with Crippen molar-refractivity contribution in [2.75, 3.05) is 44.3 Å². The highest BCUT2D eigenvalue weighted by Crippen LogP contribution is 2.47. The fourth-order valence-corrected chi connectivity index (χ4v) is 8.91. The van der Waals surface area contributed by atoms with Gasteiger partial charge in [0.25, 0.3) is 10.0 Å². The maximum atomic E-state index is 15.0. The standard InChI is InChI=1S/C40H46BrN5O10S/c1-40(2,3)55-39(47)45(35-22-29(25-13-14-25)46(42-35)36-10-8-9-17-54-36)30-21-31-28(20-32(30)51-5)38(43-56-31)44(23-24-11-15-27(50-4)16-12-24)57(48,49)37-33(52-6)18-26(41)19-34(37)53-7/h11-12,15-16,18-22,25,36H,8-10,13-14,17,23H2,1-7H3. The van der Waals surface area contributed by atoms with E-state index in [2.05, 4.69) is 21.1 Å². The number of benzene rings is 3. The summed E-state index contributed by atoms with van der Waals surface area (Å²) in [5.74, 6) is 1.46. The lowest BCUT2D eigenvalue weighted by Gasteiger charge is -2.27. The molecule has 57 heavy (non-hydrogen) atoms. The number of carbonyl (C=O) groups excluding carboxylic acids is 1. The Balaban J connectivity index is 1.39. The average molecular weight is 869 g/mol. The van der Waals surface area contributed by atoms with E-state index in [0.717, 1.165) is 42.1 Å². The summed E-state index contributed by atoms with van der Waals surface area (Å²) in [6.07, 6.45) is 3.85. The molecule has 1 saturated carbocycles. The quantitative estimate of drug-likeness (QED) is 0.111. The molecule has 2 aromatic heterocycles. The van der Waals surface area contributed by atoms with Crippen LogP contribution in [-0.2, 0) is 26.0 Å². The summed E-state index contributed by atoms with van der Waals surface area (Å²) in [5, 5.41) is 9.59. The van der Waals surface area contributed by atoms with E-state index in [1.54, 1.807) is 76.4 Å². The lowest BCUT2D eigenvalue weighted by Crippen LogP contribution is -2.34. The second kappa shape index (κ2) is 16.1. The third kappa shape index (κ3) is 8.23. The van der Waals surface area contributed by atoms with Crippen LogP contribution in [0.2, 0.25) is 0 Å². The Morgan fingerprint density at radius 1 is 0.912 bits per heavy atom. The first-order valence-electron chi connectivity index (χ1n) is 18.5. The van der Waals surface area contributed by atoms with Crippen LogP contribution in [0.3, 0.4) is 0 Å². The molecule has 0 bridgehead atoms. The van der Waals surface area contributed by atoms with Crippen LogP contribution in [0.5, 0.6) is 23.0 Å². The van der Waals surface area contributed by atoms with Crippen LogP contribution in [0.4, 0.5) is 22.1 Å².